The number of anilines is 1. The lowest BCUT2D eigenvalue weighted by molar-refractivity contribution is -0.384. The molecule has 1 amide bonds. The molecule has 1 aromatic heterocycles. The summed E-state index contributed by atoms with van der Waals surface area (Å²) in [6.07, 6.45) is 0. The fourth-order valence-electron chi connectivity index (χ4n) is 4.04. The minimum atomic E-state index is -0.528. The van der Waals surface area contributed by atoms with Crippen LogP contribution >= 0.6 is 0 Å². The number of carbonyl (C=O) groups excluding carboxylic acids is 1. The Labute approximate surface area is 195 Å². The summed E-state index contributed by atoms with van der Waals surface area (Å²) in [7, 11) is 0. The molecule has 1 saturated heterocycles. The van der Waals surface area contributed by atoms with E-state index in [9.17, 15) is 14.9 Å². The molecule has 0 bridgehead atoms. The van der Waals surface area contributed by atoms with Gasteiger partial charge in [-0.15, -0.1) is 0 Å². The summed E-state index contributed by atoms with van der Waals surface area (Å²) in [5, 5.41) is 17.2. The molecule has 9 heteroatoms. The van der Waals surface area contributed by atoms with E-state index in [0.29, 0.717) is 22.7 Å². The Morgan fingerprint density at radius 1 is 1.09 bits per heavy atom. The van der Waals surface area contributed by atoms with E-state index >= 15 is 0 Å². The quantitative estimate of drug-likeness (QED) is 0.332. The molecule has 1 fully saturated rings. The normalized spacial score (nSPS) is 14.2. The minimum absolute atomic E-state index is 0.142. The van der Waals surface area contributed by atoms with E-state index in [2.05, 4.69) is 26.6 Å². The number of oxazole rings is 1. The summed E-state index contributed by atoms with van der Waals surface area (Å²) < 4.78 is 6.08. The number of carbonyl (C=O) groups is 1. The van der Waals surface area contributed by atoms with Crippen LogP contribution < -0.4 is 10.6 Å². The van der Waals surface area contributed by atoms with Crippen molar-refractivity contribution in [3.05, 3.63) is 88.0 Å². The second kappa shape index (κ2) is 9.42. The highest BCUT2D eigenvalue weighted by Gasteiger charge is 2.17. The number of nitro groups is 1. The minimum Gasteiger partial charge on any atom is -0.436 e. The standard InChI is InChI=1S/C25H23N5O4/c31-24(18-4-3-5-19(15-18)30(32)33)27-21-7-2-1-6-20(21)25-28-22-9-8-17(14-23(22)34-25)16-29-12-10-26-11-13-29/h1-9,14-15,26H,10-13,16H2,(H,27,31). The molecule has 0 unspecified atom stereocenters. The van der Waals surface area contributed by atoms with Gasteiger partial charge in [-0.25, -0.2) is 4.98 Å². The number of rotatable bonds is 6. The molecule has 4 aromatic rings. The lowest BCUT2D eigenvalue weighted by Crippen LogP contribution is -2.42. The van der Waals surface area contributed by atoms with Crippen molar-refractivity contribution in [2.75, 3.05) is 31.5 Å². The summed E-state index contributed by atoms with van der Waals surface area (Å²) >= 11 is 0. The fourth-order valence-corrected chi connectivity index (χ4v) is 4.04. The van der Waals surface area contributed by atoms with Crippen LogP contribution in [0, 0.1) is 10.1 Å². The number of hydrogen-bond acceptors (Lipinski definition) is 7. The molecule has 2 heterocycles. The largest absolute Gasteiger partial charge is 0.436 e. The third-order valence-electron chi connectivity index (χ3n) is 5.79. The zero-order valence-electron chi connectivity index (χ0n) is 18.4. The molecular weight excluding hydrogens is 434 g/mol. The number of nitrogens with zero attached hydrogens (tertiary/aromatic N) is 3. The highest BCUT2D eigenvalue weighted by Crippen LogP contribution is 2.31. The average Bonchev–Trinajstić information content (AvgIpc) is 3.28. The van der Waals surface area contributed by atoms with Crippen molar-refractivity contribution < 1.29 is 14.1 Å². The Hall–Kier alpha value is -4.08. The van der Waals surface area contributed by atoms with Crippen molar-refractivity contribution in [3.8, 4) is 11.5 Å². The zero-order chi connectivity index (χ0) is 23.5. The van der Waals surface area contributed by atoms with Gasteiger partial charge in [0, 0.05) is 50.4 Å². The first kappa shape index (κ1) is 21.7. The van der Waals surface area contributed by atoms with Crippen LogP contribution in [0.2, 0.25) is 0 Å². The van der Waals surface area contributed by atoms with Gasteiger partial charge in [0.15, 0.2) is 5.58 Å². The van der Waals surface area contributed by atoms with Gasteiger partial charge in [0.2, 0.25) is 5.89 Å². The van der Waals surface area contributed by atoms with Gasteiger partial charge in [-0.1, -0.05) is 24.3 Å². The van der Waals surface area contributed by atoms with Gasteiger partial charge in [0.05, 0.1) is 16.2 Å². The van der Waals surface area contributed by atoms with Crippen LogP contribution in [0.1, 0.15) is 15.9 Å². The number of non-ortho nitro benzene ring substituents is 1. The van der Waals surface area contributed by atoms with Crippen molar-refractivity contribution in [2.24, 2.45) is 0 Å². The summed E-state index contributed by atoms with van der Waals surface area (Å²) in [5.41, 5.74) is 3.76. The Kier molecular flexibility index (Phi) is 6.03. The van der Waals surface area contributed by atoms with Crippen LogP contribution in [0.25, 0.3) is 22.6 Å². The molecule has 34 heavy (non-hydrogen) atoms. The van der Waals surface area contributed by atoms with E-state index < -0.39 is 10.8 Å². The second-order valence-corrected chi connectivity index (χ2v) is 8.15. The predicted octanol–water partition coefficient (Wildman–Crippen LogP) is 4.06. The summed E-state index contributed by atoms with van der Waals surface area (Å²) in [4.78, 5) is 30.3. The van der Waals surface area contributed by atoms with Gasteiger partial charge in [-0.05, 0) is 35.9 Å². The van der Waals surface area contributed by atoms with Crippen LogP contribution in [0.4, 0.5) is 11.4 Å². The summed E-state index contributed by atoms with van der Waals surface area (Å²) in [6, 6.07) is 18.8. The Morgan fingerprint density at radius 3 is 2.74 bits per heavy atom. The van der Waals surface area contributed by atoms with Gasteiger partial charge in [-0.2, -0.15) is 0 Å². The van der Waals surface area contributed by atoms with E-state index in [1.165, 1.54) is 24.3 Å². The van der Waals surface area contributed by atoms with Gasteiger partial charge in [0.1, 0.15) is 5.52 Å². The number of nitrogens with one attached hydrogen (secondary N) is 2. The number of piperazine rings is 1. The van der Waals surface area contributed by atoms with Gasteiger partial charge < -0.3 is 15.1 Å². The third-order valence-corrected chi connectivity index (χ3v) is 5.79. The monoisotopic (exact) mass is 457 g/mol. The lowest BCUT2D eigenvalue weighted by atomic mass is 10.1. The van der Waals surface area contributed by atoms with Crippen molar-refractivity contribution >= 4 is 28.4 Å². The maximum Gasteiger partial charge on any atom is 0.270 e. The second-order valence-electron chi connectivity index (χ2n) is 8.15. The number of hydrogen-bond donors (Lipinski definition) is 2. The number of benzene rings is 3. The van der Waals surface area contributed by atoms with Crippen molar-refractivity contribution in [1.82, 2.24) is 15.2 Å². The fraction of sp³-hybridized carbons (Fsp3) is 0.200. The molecule has 0 atom stereocenters. The topological polar surface area (TPSA) is 114 Å². The summed E-state index contributed by atoms with van der Waals surface area (Å²) in [5.74, 6) is -0.0603. The smallest absolute Gasteiger partial charge is 0.270 e. The summed E-state index contributed by atoms with van der Waals surface area (Å²) in [6.45, 7) is 4.86. The zero-order valence-corrected chi connectivity index (χ0v) is 18.4. The van der Waals surface area contributed by atoms with Gasteiger partial charge in [-0.3, -0.25) is 19.8 Å². The van der Waals surface area contributed by atoms with Crippen molar-refractivity contribution in [3.63, 3.8) is 0 Å². The van der Waals surface area contributed by atoms with Crippen LogP contribution in [0.3, 0.4) is 0 Å². The number of fused-ring (bicyclic) bond motifs is 1. The average molecular weight is 457 g/mol. The molecule has 2 N–H and O–H groups in total. The number of amides is 1. The highest BCUT2D eigenvalue weighted by molar-refractivity contribution is 6.06. The van der Waals surface area contributed by atoms with Gasteiger partial charge >= 0.3 is 0 Å². The number of para-hydroxylation sites is 1. The SMILES string of the molecule is O=C(Nc1ccccc1-c1nc2ccc(CN3CCNCC3)cc2o1)c1cccc([N+](=O)[O-])c1. The van der Waals surface area contributed by atoms with E-state index in [1.807, 2.05) is 24.3 Å². The number of nitro benzene ring substituents is 1. The molecule has 0 radical (unpaired) electrons. The molecular formula is C25H23N5O4. The molecule has 0 spiro atoms. The molecule has 9 nitrogen and oxygen atoms in total. The Balaban J connectivity index is 1.40. The predicted molar refractivity (Wildman–Crippen MR) is 129 cm³/mol. The van der Waals surface area contributed by atoms with E-state index in [-0.39, 0.29) is 11.3 Å². The van der Waals surface area contributed by atoms with Crippen LogP contribution in [0.5, 0.6) is 0 Å². The molecule has 0 saturated carbocycles. The first-order valence-corrected chi connectivity index (χ1v) is 11.0. The Morgan fingerprint density at radius 2 is 1.91 bits per heavy atom. The van der Waals surface area contributed by atoms with Crippen LogP contribution in [-0.2, 0) is 6.54 Å². The lowest BCUT2D eigenvalue weighted by Gasteiger charge is -2.27. The highest BCUT2D eigenvalue weighted by atomic mass is 16.6. The Bertz CT molecular complexity index is 1360. The molecule has 3 aromatic carbocycles. The molecule has 1 aliphatic heterocycles. The first-order valence-electron chi connectivity index (χ1n) is 11.0. The number of aromatic nitrogens is 1. The molecule has 1 aliphatic rings. The van der Waals surface area contributed by atoms with E-state index in [4.69, 9.17) is 4.42 Å². The van der Waals surface area contributed by atoms with Crippen molar-refractivity contribution in [1.29, 1.82) is 0 Å². The maximum absolute atomic E-state index is 12.8. The third kappa shape index (κ3) is 4.66. The van der Waals surface area contributed by atoms with E-state index in [0.717, 1.165) is 43.8 Å². The van der Waals surface area contributed by atoms with Crippen molar-refractivity contribution in [2.45, 2.75) is 6.54 Å². The maximum atomic E-state index is 12.8. The van der Waals surface area contributed by atoms with E-state index in [1.54, 1.807) is 12.1 Å². The molecule has 172 valence electrons. The van der Waals surface area contributed by atoms with Crippen LogP contribution in [0.15, 0.2) is 71.1 Å². The molecule has 5 rings (SSSR count). The van der Waals surface area contributed by atoms with Crippen LogP contribution in [-0.4, -0.2) is 46.9 Å². The van der Waals surface area contributed by atoms with Gasteiger partial charge in [0.25, 0.3) is 11.6 Å². The first-order chi connectivity index (χ1) is 16.6. The molecule has 0 aliphatic carbocycles.